The molecule has 0 radical (unpaired) electrons. The van der Waals surface area contributed by atoms with Crippen LogP contribution in [0.25, 0.3) is 10.2 Å². The van der Waals surface area contributed by atoms with Crippen LogP contribution in [0.5, 0.6) is 5.75 Å². The summed E-state index contributed by atoms with van der Waals surface area (Å²) in [5.74, 6) is 2.29. The molecule has 226 valence electrons. The zero-order valence-electron chi connectivity index (χ0n) is 25.7. The van der Waals surface area contributed by atoms with E-state index in [1.54, 1.807) is 11.3 Å². The first-order chi connectivity index (χ1) is 20.7. The molecule has 1 heterocycles. The number of Topliss-reactive ketones (excluding diaryl/α,β-unsaturated/α-hetero) is 1. The number of para-hydroxylation sites is 1. The summed E-state index contributed by atoms with van der Waals surface area (Å²) < 4.78 is 8.22. The zero-order chi connectivity index (χ0) is 30.3. The van der Waals surface area contributed by atoms with E-state index in [4.69, 9.17) is 4.74 Å². The molecule has 0 saturated heterocycles. The highest BCUT2D eigenvalue weighted by Gasteiger charge is 2.32. The molecular weight excluding hydrogens is 573 g/mol. The van der Waals surface area contributed by atoms with Crippen LogP contribution < -0.4 is 10.1 Å². The molecule has 43 heavy (non-hydrogen) atoms. The lowest BCUT2D eigenvalue weighted by atomic mass is 9.97. The van der Waals surface area contributed by atoms with Gasteiger partial charge in [0, 0.05) is 17.7 Å². The maximum Gasteiger partial charge on any atom is 0.224 e. The molecule has 0 spiro atoms. The summed E-state index contributed by atoms with van der Waals surface area (Å²) in [5.41, 5.74) is 5.99. The minimum Gasteiger partial charge on any atom is -0.493 e. The first-order valence-corrected chi connectivity index (χ1v) is 17.2. The first kappa shape index (κ1) is 31.3. The Bertz CT molecular complexity index is 1540. The quantitative estimate of drug-likeness (QED) is 0.143. The number of aryl methyl sites for hydroxylation is 2. The van der Waals surface area contributed by atoms with Crippen molar-refractivity contribution in [3.05, 3.63) is 82.9 Å². The van der Waals surface area contributed by atoms with Gasteiger partial charge in [-0.2, -0.15) is 0 Å². The third-order valence-corrected chi connectivity index (χ3v) is 10.1. The number of hydrogen-bond donors (Lipinski definition) is 1. The number of rotatable bonds is 14. The van der Waals surface area contributed by atoms with Crippen LogP contribution in [0.1, 0.15) is 80.4 Å². The minimum atomic E-state index is -0.187. The summed E-state index contributed by atoms with van der Waals surface area (Å²) in [7, 11) is 0. The Morgan fingerprint density at radius 1 is 1.02 bits per heavy atom. The number of anilines is 1. The predicted octanol–water partition coefficient (Wildman–Crippen LogP) is 9.17. The number of amides is 1. The number of thiazole rings is 1. The van der Waals surface area contributed by atoms with Gasteiger partial charge in [0.2, 0.25) is 5.91 Å². The smallest absolute Gasteiger partial charge is 0.224 e. The minimum absolute atomic E-state index is 0.0709. The lowest BCUT2D eigenvalue weighted by molar-refractivity contribution is -0.116. The lowest BCUT2D eigenvalue weighted by Gasteiger charge is -2.15. The molecule has 0 unspecified atom stereocenters. The van der Waals surface area contributed by atoms with Gasteiger partial charge in [-0.1, -0.05) is 69.8 Å². The number of nitrogens with zero attached hydrogens (tertiary/aromatic N) is 1. The van der Waals surface area contributed by atoms with Crippen molar-refractivity contribution in [1.29, 1.82) is 0 Å². The molecule has 5 rings (SSSR count). The molecule has 4 aromatic rings. The summed E-state index contributed by atoms with van der Waals surface area (Å²) in [4.78, 5) is 30.7. The number of carbonyl (C=O) groups excluding carboxylic acids is 2. The van der Waals surface area contributed by atoms with Gasteiger partial charge in [0.05, 0.1) is 22.1 Å². The highest BCUT2D eigenvalue weighted by molar-refractivity contribution is 8.02. The van der Waals surface area contributed by atoms with E-state index >= 15 is 0 Å². The fraction of sp³-hybridized carbons (Fsp3) is 0.417. The summed E-state index contributed by atoms with van der Waals surface area (Å²) in [6.45, 7) is 9.51. The predicted molar refractivity (Wildman–Crippen MR) is 180 cm³/mol. The van der Waals surface area contributed by atoms with E-state index in [-0.39, 0.29) is 16.9 Å². The van der Waals surface area contributed by atoms with Gasteiger partial charge in [0.1, 0.15) is 5.75 Å². The van der Waals surface area contributed by atoms with Crippen LogP contribution in [0.4, 0.5) is 5.69 Å². The second kappa shape index (κ2) is 14.5. The molecule has 1 aromatic heterocycles. The van der Waals surface area contributed by atoms with Gasteiger partial charge in [0.15, 0.2) is 10.1 Å². The average molecular weight is 615 g/mol. The molecule has 0 fully saturated rings. The number of ketones is 1. The topological polar surface area (TPSA) is 68.3 Å². The first-order valence-electron chi connectivity index (χ1n) is 15.5. The van der Waals surface area contributed by atoms with Gasteiger partial charge < -0.3 is 10.1 Å². The van der Waals surface area contributed by atoms with Gasteiger partial charge in [0.25, 0.3) is 0 Å². The Kier molecular flexibility index (Phi) is 10.6. The second-order valence-corrected chi connectivity index (χ2v) is 14.8. The van der Waals surface area contributed by atoms with E-state index in [1.165, 1.54) is 29.3 Å². The Hall–Kier alpha value is -3.16. The summed E-state index contributed by atoms with van der Waals surface area (Å²) >= 11 is 3.16. The van der Waals surface area contributed by atoms with Crippen molar-refractivity contribution >= 4 is 50.7 Å². The summed E-state index contributed by atoms with van der Waals surface area (Å²) in [6, 6.07) is 20.3. The van der Waals surface area contributed by atoms with E-state index in [2.05, 4.69) is 62.3 Å². The van der Waals surface area contributed by atoms with E-state index < -0.39 is 0 Å². The maximum atomic E-state index is 13.2. The third-order valence-electron chi connectivity index (χ3n) is 7.81. The Labute approximate surface area is 263 Å². The normalized spacial score (nSPS) is 14.6. The van der Waals surface area contributed by atoms with Crippen molar-refractivity contribution < 1.29 is 14.3 Å². The molecule has 1 amide bonds. The summed E-state index contributed by atoms with van der Waals surface area (Å²) in [5, 5.41) is 2.80. The Balaban J connectivity index is 1.11. The molecule has 1 aliphatic rings. The Morgan fingerprint density at radius 2 is 1.81 bits per heavy atom. The van der Waals surface area contributed by atoms with Gasteiger partial charge >= 0.3 is 0 Å². The van der Waals surface area contributed by atoms with Crippen molar-refractivity contribution in [2.45, 2.75) is 82.2 Å². The van der Waals surface area contributed by atoms with Crippen molar-refractivity contribution in [1.82, 2.24) is 4.98 Å². The van der Waals surface area contributed by atoms with Crippen molar-refractivity contribution in [2.75, 3.05) is 11.9 Å². The SMILES string of the molecule is CC(C)CCc1ccc(OCCCC(=O)Nc2ccc3c(c2)C(=O)[C@@H](Sc2nc4ccccc4s2)C3)c(CCC(C)C)c1. The van der Waals surface area contributed by atoms with Gasteiger partial charge in [-0.05, 0) is 97.4 Å². The molecule has 0 aliphatic heterocycles. The van der Waals surface area contributed by atoms with E-state index in [1.807, 2.05) is 36.4 Å². The molecule has 0 bridgehead atoms. The molecular formula is C36H42N2O3S2. The molecule has 0 saturated carbocycles. The molecule has 3 aromatic carbocycles. The number of nitrogens with one attached hydrogen (secondary N) is 1. The largest absolute Gasteiger partial charge is 0.493 e. The highest BCUT2D eigenvalue weighted by atomic mass is 32.2. The van der Waals surface area contributed by atoms with Gasteiger partial charge in [-0.15, -0.1) is 11.3 Å². The van der Waals surface area contributed by atoms with Crippen LogP contribution in [0.2, 0.25) is 0 Å². The van der Waals surface area contributed by atoms with Crippen molar-refractivity contribution in [2.24, 2.45) is 11.8 Å². The van der Waals surface area contributed by atoms with Crippen molar-refractivity contribution in [3.63, 3.8) is 0 Å². The number of aromatic nitrogens is 1. The highest BCUT2D eigenvalue weighted by Crippen LogP contribution is 2.38. The second-order valence-electron chi connectivity index (χ2n) is 12.3. The number of fused-ring (bicyclic) bond motifs is 2. The maximum absolute atomic E-state index is 13.2. The van der Waals surface area contributed by atoms with Crippen LogP contribution in [-0.2, 0) is 24.1 Å². The van der Waals surface area contributed by atoms with Crippen LogP contribution in [-0.4, -0.2) is 28.5 Å². The molecule has 1 aliphatic carbocycles. The van der Waals surface area contributed by atoms with Gasteiger partial charge in [-0.25, -0.2) is 4.98 Å². The van der Waals surface area contributed by atoms with Crippen molar-refractivity contribution in [3.8, 4) is 5.75 Å². The van der Waals surface area contributed by atoms with E-state index in [0.717, 1.165) is 45.1 Å². The monoisotopic (exact) mass is 614 g/mol. The van der Waals surface area contributed by atoms with E-state index in [0.29, 0.717) is 49.0 Å². The average Bonchev–Trinajstić information content (AvgIpc) is 3.53. The molecule has 7 heteroatoms. The van der Waals surface area contributed by atoms with Gasteiger partial charge in [-0.3, -0.25) is 9.59 Å². The fourth-order valence-corrected chi connectivity index (χ4v) is 7.71. The standard InChI is InChI=1S/C36H42N2O3S2/c1-23(2)11-13-25-14-18-31(27(20-25)15-12-24(3)4)41-19-7-10-34(39)37-28-17-16-26-21-33(35(40)29(26)22-28)43-36-38-30-8-5-6-9-32(30)42-36/h5-6,8-9,14,16-18,20,22-24,33H,7,10-13,15,19,21H2,1-4H3,(H,37,39)/t33-/m0/s1. The number of thioether (sulfide) groups is 1. The van der Waals surface area contributed by atoms with Crippen LogP contribution in [0.3, 0.4) is 0 Å². The van der Waals surface area contributed by atoms with E-state index in [9.17, 15) is 9.59 Å². The molecule has 5 nitrogen and oxygen atoms in total. The third kappa shape index (κ3) is 8.48. The number of benzene rings is 3. The van der Waals surface area contributed by atoms with Crippen LogP contribution in [0, 0.1) is 11.8 Å². The fourth-order valence-electron chi connectivity index (χ4n) is 5.31. The van der Waals surface area contributed by atoms with Crippen LogP contribution >= 0.6 is 23.1 Å². The zero-order valence-corrected chi connectivity index (χ0v) is 27.3. The Morgan fingerprint density at radius 3 is 2.60 bits per heavy atom. The number of carbonyl (C=O) groups is 2. The number of hydrogen-bond acceptors (Lipinski definition) is 6. The number of ether oxygens (including phenoxy) is 1. The summed E-state index contributed by atoms with van der Waals surface area (Å²) in [6.07, 6.45) is 6.05. The molecule has 1 atom stereocenters. The lowest BCUT2D eigenvalue weighted by Crippen LogP contribution is -2.14. The van der Waals surface area contributed by atoms with Crippen LogP contribution in [0.15, 0.2) is 65.0 Å². The molecule has 1 N–H and O–H groups in total.